The van der Waals surface area contributed by atoms with Gasteiger partial charge < -0.3 is 5.32 Å². The topological polar surface area (TPSA) is 32.3 Å². The van der Waals surface area contributed by atoms with Crippen molar-refractivity contribution in [2.24, 2.45) is 0 Å². The summed E-state index contributed by atoms with van der Waals surface area (Å²) >= 11 is 0. The predicted octanol–water partition coefficient (Wildman–Crippen LogP) is 1.39. The zero-order valence-corrected chi connectivity index (χ0v) is 9.22. The number of amides is 1. The van der Waals surface area contributed by atoms with Crippen molar-refractivity contribution in [2.45, 2.75) is 38.5 Å². The van der Waals surface area contributed by atoms with Crippen molar-refractivity contribution in [3.63, 3.8) is 0 Å². The minimum absolute atomic E-state index is 0.143. The average Bonchev–Trinajstić information content (AvgIpc) is 2.31. The lowest BCUT2D eigenvalue weighted by Crippen LogP contribution is -2.36. The van der Waals surface area contributed by atoms with Crippen LogP contribution in [-0.4, -0.2) is 37.5 Å². The number of carbonyl (C=O) groups excluding carboxylic acids is 1. The number of nitrogens with one attached hydrogen (secondary N) is 1. The smallest absolute Gasteiger partial charge is 0.233 e. The van der Waals surface area contributed by atoms with Gasteiger partial charge in [0.05, 0.1) is 6.54 Å². The van der Waals surface area contributed by atoms with Crippen LogP contribution in [0.1, 0.15) is 38.5 Å². The fourth-order valence-corrected chi connectivity index (χ4v) is 1.93. The van der Waals surface area contributed by atoms with Crippen molar-refractivity contribution in [1.82, 2.24) is 10.2 Å². The first-order valence-corrected chi connectivity index (χ1v) is 5.76. The Balaban J connectivity index is 2.28. The molecule has 3 nitrogen and oxygen atoms in total. The second kappa shape index (κ2) is 6.82. The number of rotatable bonds is 2. The van der Waals surface area contributed by atoms with Gasteiger partial charge in [-0.3, -0.25) is 9.69 Å². The van der Waals surface area contributed by atoms with Crippen LogP contribution in [0.3, 0.4) is 0 Å². The number of carbonyl (C=O) groups is 1. The van der Waals surface area contributed by atoms with Crippen LogP contribution in [-0.2, 0) is 4.79 Å². The average molecular weight is 198 g/mol. The van der Waals surface area contributed by atoms with E-state index < -0.39 is 0 Å². The summed E-state index contributed by atoms with van der Waals surface area (Å²) in [6.45, 7) is 2.76. The fourth-order valence-electron chi connectivity index (χ4n) is 1.93. The van der Waals surface area contributed by atoms with Gasteiger partial charge in [0.25, 0.3) is 0 Å². The first kappa shape index (κ1) is 11.5. The Morgan fingerprint density at radius 2 is 1.57 bits per heavy atom. The highest BCUT2D eigenvalue weighted by molar-refractivity contribution is 5.77. The van der Waals surface area contributed by atoms with Gasteiger partial charge in [-0.25, -0.2) is 0 Å². The zero-order valence-electron chi connectivity index (χ0n) is 9.22. The molecule has 82 valence electrons. The molecule has 14 heavy (non-hydrogen) atoms. The maximum atomic E-state index is 11.2. The van der Waals surface area contributed by atoms with Gasteiger partial charge in [-0.2, -0.15) is 0 Å². The number of likely N-dealkylation sites (N-methyl/N-ethyl adjacent to an activating group) is 1. The van der Waals surface area contributed by atoms with Gasteiger partial charge in [-0.05, 0) is 25.9 Å². The van der Waals surface area contributed by atoms with E-state index >= 15 is 0 Å². The summed E-state index contributed by atoms with van der Waals surface area (Å²) in [5.74, 6) is 0.143. The Bertz CT molecular complexity index is 161. The van der Waals surface area contributed by atoms with Gasteiger partial charge in [-0.1, -0.05) is 25.7 Å². The molecular formula is C11H22N2O. The van der Waals surface area contributed by atoms with Crippen LogP contribution in [0.2, 0.25) is 0 Å². The SMILES string of the molecule is CNC(=O)CN1CCCCCCCC1. The van der Waals surface area contributed by atoms with Crippen LogP contribution >= 0.6 is 0 Å². The number of nitrogens with zero attached hydrogens (tertiary/aromatic N) is 1. The number of hydrogen-bond donors (Lipinski definition) is 1. The van der Waals surface area contributed by atoms with Crippen LogP contribution in [0, 0.1) is 0 Å². The maximum Gasteiger partial charge on any atom is 0.233 e. The van der Waals surface area contributed by atoms with E-state index in [0.717, 1.165) is 13.1 Å². The van der Waals surface area contributed by atoms with Gasteiger partial charge in [0.15, 0.2) is 0 Å². The van der Waals surface area contributed by atoms with Crippen molar-refractivity contribution < 1.29 is 4.79 Å². The molecule has 1 rings (SSSR count). The van der Waals surface area contributed by atoms with Gasteiger partial charge in [0.1, 0.15) is 0 Å². The third-order valence-electron chi connectivity index (χ3n) is 2.84. The van der Waals surface area contributed by atoms with Crippen LogP contribution in [0.25, 0.3) is 0 Å². The molecule has 0 aromatic rings. The van der Waals surface area contributed by atoms with E-state index in [0.29, 0.717) is 6.54 Å². The zero-order chi connectivity index (χ0) is 10.2. The summed E-state index contributed by atoms with van der Waals surface area (Å²) in [6, 6.07) is 0. The lowest BCUT2D eigenvalue weighted by atomic mass is 10.1. The van der Waals surface area contributed by atoms with Crippen molar-refractivity contribution in [1.29, 1.82) is 0 Å². The highest BCUT2D eigenvalue weighted by Crippen LogP contribution is 2.10. The van der Waals surface area contributed by atoms with Gasteiger partial charge in [-0.15, -0.1) is 0 Å². The normalized spacial score (nSPS) is 20.6. The molecule has 1 aliphatic heterocycles. The monoisotopic (exact) mass is 198 g/mol. The third-order valence-corrected chi connectivity index (χ3v) is 2.84. The van der Waals surface area contributed by atoms with E-state index in [4.69, 9.17) is 0 Å². The largest absolute Gasteiger partial charge is 0.358 e. The molecule has 0 spiro atoms. The molecule has 1 fully saturated rings. The molecule has 0 atom stereocenters. The lowest BCUT2D eigenvalue weighted by Gasteiger charge is -2.20. The fraction of sp³-hybridized carbons (Fsp3) is 0.909. The predicted molar refractivity (Wildman–Crippen MR) is 58.2 cm³/mol. The maximum absolute atomic E-state index is 11.2. The van der Waals surface area contributed by atoms with E-state index in [2.05, 4.69) is 10.2 Å². The van der Waals surface area contributed by atoms with Crippen molar-refractivity contribution >= 4 is 5.91 Å². The molecule has 0 bridgehead atoms. The molecular weight excluding hydrogens is 176 g/mol. The summed E-state index contributed by atoms with van der Waals surface area (Å²) in [7, 11) is 1.71. The standard InChI is InChI=1S/C11H22N2O/c1-12-11(14)10-13-8-6-4-2-3-5-7-9-13/h2-10H2,1H3,(H,12,14). The minimum atomic E-state index is 0.143. The summed E-state index contributed by atoms with van der Waals surface area (Å²) in [4.78, 5) is 13.5. The lowest BCUT2D eigenvalue weighted by molar-refractivity contribution is -0.121. The highest BCUT2D eigenvalue weighted by Gasteiger charge is 2.10. The van der Waals surface area contributed by atoms with E-state index in [1.807, 2.05) is 0 Å². The van der Waals surface area contributed by atoms with Crippen LogP contribution in [0.5, 0.6) is 0 Å². The van der Waals surface area contributed by atoms with Crippen molar-refractivity contribution in [3.05, 3.63) is 0 Å². The third kappa shape index (κ3) is 4.61. The summed E-state index contributed by atoms with van der Waals surface area (Å²) in [5.41, 5.74) is 0. The molecule has 1 aliphatic rings. The van der Waals surface area contributed by atoms with Crippen LogP contribution in [0.15, 0.2) is 0 Å². The quantitative estimate of drug-likeness (QED) is 0.727. The second-order valence-electron chi connectivity index (χ2n) is 4.07. The van der Waals surface area contributed by atoms with Gasteiger partial charge in [0, 0.05) is 7.05 Å². The second-order valence-corrected chi connectivity index (χ2v) is 4.07. The van der Waals surface area contributed by atoms with E-state index in [1.165, 1.54) is 38.5 Å². The number of hydrogen-bond acceptors (Lipinski definition) is 2. The minimum Gasteiger partial charge on any atom is -0.358 e. The Kier molecular flexibility index (Phi) is 5.60. The molecule has 0 aliphatic carbocycles. The Morgan fingerprint density at radius 3 is 2.07 bits per heavy atom. The molecule has 1 amide bonds. The molecule has 1 N–H and O–H groups in total. The van der Waals surface area contributed by atoms with Gasteiger partial charge >= 0.3 is 0 Å². The molecule has 0 unspecified atom stereocenters. The first-order valence-electron chi connectivity index (χ1n) is 5.76. The molecule has 0 saturated carbocycles. The molecule has 0 radical (unpaired) electrons. The molecule has 1 heterocycles. The van der Waals surface area contributed by atoms with Crippen LogP contribution in [0.4, 0.5) is 0 Å². The molecule has 1 saturated heterocycles. The summed E-state index contributed by atoms with van der Waals surface area (Å²) in [5, 5.41) is 2.68. The molecule has 3 heteroatoms. The molecule has 0 aromatic carbocycles. The Hall–Kier alpha value is -0.570. The Labute approximate surface area is 86.9 Å². The Morgan fingerprint density at radius 1 is 1.07 bits per heavy atom. The van der Waals surface area contributed by atoms with E-state index in [-0.39, 0.29) is 5.91 Å². The summed E-state index contributed by atoms with van der Waals surface area (Å²) in [6.07, 6.45) is 7.88. The highest BCUT2D eigenvalue weighted by atomic mass is 16.1. The molecule has 0 aromatic heterocycles. The first-order chi connectivity index (χ1) is 6.83. The van der Waals surface area contributed by atoms with E-state index in [1.54, 1.807) is 7.05 Å². The van der Waals surface area contributed by atoms with Crippen LogP contribution < -0.4 is 5.32 Å². The van der Waals surface area contributed by atoms with Gasteiger partial charge in [0.2, 0.25) is 5.91 Å². The summed E-state index contributed by atoms with van der Waals surface area (Å²) < 4.78 is 0. The van der Waals surface area contributed by atoms with Crippen molar-refractivity contribution in [2.75, 3.05) is 26.7 Å². The van der Waals surface area contributed by atoms with E-state index in [9.17, 15) is 4.79 Å². The van der Waals surface area contributed by atoms with Crippen molar-refractivity contribution in [3.8, 4) is 0 Å².